The van der Waals surface area contributed by atoms with Gasteiger partial charge in [0.05, 0.1) is 17.4 Å². The first-order chi connectivity index (χ1) is 12.2. The van der Waals surface area contributed by atoms with Crippen molar-refractivity contribution >= 4 is 17.1 Å². The molecule has 3 aromatic heterocycles. The molecule has 4 heterocycles. The zero-order valence-corrected chi connectivity index (χ0v) is 14.3. The second-order valence-corrected chi connectivity index (χ2v) is 7.25. The quantitative estimate of drug-likeness (QED) is 0.739. The molecule has 6 nitrogen and oxygen atoms in total. The molecule has 3 aromatic rings. The predicted molar refractivity (Wildman–Crippen MR) is 95.2 cm³/mol. The van der Waals surface area contributed by atoms with Crippen molar-refractivity contribution in [3.8, 4) is 11.1 Å². The first kappa shape index (κ1) is 14.7. The maximum atomic E-state index is 12.9. The topological polar surface area (TPSA) is 55.4 Å². The predicted octanol–water partition coefficient (Wildman–Crippen LogP) is 2.89. The Morgan fingerprint density at radius 2 is 2.00 bits per heavy atom. The summed E-state index contributed by atoms with van der Waals surface area (Å²) in [5, 5.41) is 8.67. The van der Waals surface area contributed by atoms with Gasteiger partial charge < -0.3 is 4.90 Å². The smallest absolute Gasteiger partial charge is 0.230 e. The van der Waals surface area contributed by atoms with Crippen molar-refractivity contribution < 1.29 is 4.79 Å². The molecule has 25 heavy (non-hydrogen) atoms. The number of rotatable bonds is 3. The molecule has 1 aliphatic heterocycles. The summed E-state index contributed by atoms with van der Waals surface area (Å²) < 4.78 is 3.65. The van der Waals surface area contributed by atoms with E-state index in [0.29, 0.717) is 11.8 Å². The van der Waals surface area contributed by atoms with Gasteiger partial charge in [-0.1, -0.05) is 6.42 Å². The van der Waals surface area contributed by atoms with E-state index in [-0.39, 0.29) is 5.92 Å². The molecule has 5 rings (SSSR count). The van der Waals surface area contributed by atoms with Gasteiger partial charge in [-0.25, -0.2) is 4.52 Å². The summed E-state index contributed by atoms with van der Waals surface area (Å²) in [5.74, 6) is 1.12. The first-order valence-electron chi connectivity index (χ1n) is 8.98. The molecular weight excluding hydrogens is 314 g/mol. The normalized spacial score (nSPS) is 21.2. The van der Waals surface area contributed by atoms with Crippen LogP contribution < -0.4 is 4.90 Å². The Bertz CT molecular complexity index is 952. The lowest BCUT2D eigenvalue weighted by Crippen LogP contribution is -2.32. The zero-order chi connectivity index (χ0) is 17.0. The van der Waals surface area contributed by atoms with Crippen LogP contribution in [-0.2, 0) is 11.8 Å². The number of carbonyl (C=O) groups is 1. The minimum Gasteiger partial charge on any atom is -0.310 e. The number of hydrogen-bond acceptors (Lipinski definition) is 3. The van der Waals surface area contributed by atoms with E-state index in [1.807, 2.05) is 41.1 Å². The molecule has 2 fully saturated rings. The molecule has 0 spiro atoms. The lowest BCUT2D eigenvalue weighted by Gasteiger charge is -2.30. The maximum Gasteiger partial charge on any atom is 0.230 e. The number of carbonyl (C=O) groups excluding carboxylic acids is 1. The first-order valence-corrected chi connectivity index (χ1v) is 8.98. The number of hydrogen-bond donors (Lipinski definition) is 0. The average Bonchev–Trinajstić information content (AvgIpc) is 3.25. The minimum absolute atomic E-state index is 0.217. The van der Waals surface area contributed by atoms with E-state index in [4.69, 9.17) is 0 Å². The van der Waals surface area contributed by atoms with Crippen molar-refractivity contribution in [3.63, 3.8) is 0 Å². The minimum atomic E-state index is 0.217. The molecular formula is C19H21N5O. The van der Waals surface area contributed by atoms with Crippen LogP contribution in [0.15, 0.2) is 36.9 Å². The average molecular weight is 335 g/mol. The van der Waals surface area contributed by atoms with Gasteiger partial charge in [0.2, 0.25) is 5.91 Å². The fourth-order valence-electron chi connectivity index (χ4n) is 4.18. The Balaban J connectivity index is 1.53. The zero-order valence-electron chi connectivity index (χ0n) is 14.3. The van der Waals surface area contributed by atoms with E-state index >= 15 is 0 Å². The van der Waals surface area contributed by atoms with Crippen LogP contribution in [0.1, 0.15) is 25.7 Å². The van der Waals surface area contributed by atoms with Crippen molar-refractivity contribution in [2.75, 3.05) is 11.4 Å². The molecule has 0 N–H and O–H groups in total. The third-order valence-electron chi connectivity index (χ3n) is 5.78. The number of aryl methyl sites for hydroxylation is 1. The molecule has 6 heteroatoms. The van der Waals surface area contributed by atoms with Crippen LogP contribution >= 0.6 is 0 Å². The number of aromatic nitrogens is 4. The third-order valence-corrected chi connectivity index (χ3v) is 5.78. The Hall–Kier alpha value is -2.63. The Kier molecular flexibility index (Phi) is 3.20. The van der Waals surface area contributed by atoms with E-state index < -0.39 is 0 Å². The Morgan fingerprint density at radius 1 is 1.12 bits per heavy atom. The van der Waals surface area contributed by atoms with Gasteiger partial charge in [0, 0.05) is 49.2 Å². The Morgan fingerprint density at radius 3 is 2.72 bits per heavy atom. The highest BCUT2D eigenvalue weighted by atomic mass is 16.2. The van der Waals surface area contributed by atoms with Gasteiger partial charge in [-0.2, -0.15) is 10.2 Å². The molecule has 2 aliphatic rings. The second-order valence-electron chi connectivity index (χ2n) is 7.25. The highest BCUT2D eigenvalue weighted by molar-refractivity contribution is 6.01. The van der Waals surface area contributed by atoms with Gasteiger partial charge in [-0.15, -0.1) is 0 Å². The van der Waals surface area contributed by atoms with Crippen LogP contribution in [0, 0.1) is 11.8 Å². The maximum absolute atomic E-state index is 12.9. The van der Waals surface area contributed by atoms with Crippen molar-refractivity contribution in [2.45, 2.75) is 25.7 Å². The van der Waals surface area contributed by atoms with E-state index in [0.717, 1.165) is 35.3 Å². The molecule has 0 unspecified atom stereocenters. The van der Waals surface area contributed by atoms with E-state index in [1.165, 1.54) is 19.3 Å². The molecule has 0 radical (unpaired) electrons. The van der Waals surface area contributed by atoms with Gasteiger partial charge in [0.25, 0.3) is 0 Å². The van der Waals surface area contributed by atoms with Crippen LogP contribution in [0.5, 0.6) is 0 Å². The van der Waals surface area contributed by atoms with Gasteiger partial charge in [0.1, 0.15) is 0 Å². The summed E-state index contributed by atoms with van der Waals surface area (Å²) in [4.78, 5) is 14.9. The summed E-state index contributed by atoms with van der Waals surface area (Å²) in [6.07, 6.45) is 12.3. The number of amides is 1. The molecule has 0 bridgehead atoms. The monoisotopic (exact) mass is 335 g/mol. The summed E-state index contributed by atoms with van der Waals surface area (Å²) in [7, 11) is 1.91. The second kappa shape index (κ2) is 5.44. The number of fused-ring (bicyclic) bond motifs is 1. The highest BCUT2D eigenvalue weighted by Gasteiger charge is 2.40. The number of nitrogens with zero attached hydrogens (tertiary/aromatic N) is 5. The fourth-order valence-corrected chi connectivity index (χ4v) is 4.18. The van der Waals surface area contributed by atoms with Gasteiger partial charge in [-0.05, 0) is 37.3 Å². The molecule has 1 amide bonds. The summed E-state index contributed by atoms with van der Waals surface area (Å²) in [6.45, 7) is 0.813. The molecule has 0 aromatic carbocycles. The number of anilines is 1. The van der Waals surface area contributed by atoms with Crippen LogP contribution in [-0.4, -0.2) is 31.8 Å². The van der Waals surface area contributed by atoms with Crippen LogP contribution in [0.3, 0.4) is 0 Å². The molecule has 1 saturated heterocycles. The standard InChI is InChI=1S/C19H21N5O/c1-22-11-15(10-21-22)14-9-18-17(5-7-20-24(18)12-14)23-8-6-16(19(23)25)13-3-2-4-13/h5,7,9-13,16H,2-4,6,8H2,1H3/t16-/m1/s1. The van der Waals surface area contributed by atoms with Crippen molar-refractivity contribution in [2.24, 2.45) is 18.9 Å². The summed E-state index contributed by atoms with van der Waals surface area (Å²) in [6, 6.07) is 4.06. The lowest BCUT2D eigenvalue weighted by molar-refractivity contribution is -0.122. The molecule has 128 valence electrons. The summed E-state index contributed by atoms with van der Waals surface area (Å²) in [5.41, 5.74) is 4.07. The van der Waals surface area contributed by atoms with Crippen LogP contribution in [0.4, 0.5) is 5.69 Å². The van der Waals surface area contributed by atoms with Crippen molar-refractivity contribution in [3.05, 3.63) is 36.9 Å². The van der Waals surface area contributed by atoms with Crippen LogP contribution in [0.2, 0.25) is 0 Å². The lowest BCUT2D eigenvalue weighted by atomic mass is 9.75. The largest absolute Gasteiger partial charge is 0.310 e. The van der Waals surface area contributed by atoms with Gasteiger partial charge in [-0.3, -0.25) is 9.48 Å². The van der Waals surface area contributed by atoms with Crippen LogP contribution in [0.25, 0.3) is 16.6 Å². The fraction of sp³-hybridized carbons (Fsp3) is 0.421. The van der Waals surface area contributed by atoms with Gasteiger partial charge >= 0.3 is 0 Å². The molecule has 1 aliphatic carbocycles. The van der Waals surface area contributed by atoms with Gasteiger partial charge in [0.15, 0.2) is 0 Å². The van der Waals surface area contributed by atoms with Crippen molar-refractivity contribution in [1.82, 2.24) is 19.4 Å². The molecule has 1 saturated carbocycles. The molecule has 1 atom stereocenters. The summed E-state index contributed by atoms with van der Waals surface area (Å²) >= 11 is 0. The van der Waals surface area contributed by atoms with E-state index in [2.05, 4.69) is 16.3 Å². The van der Waals surface area contributed by atoms with E-state index in [9.17, 15) is 4.79 Å². The SMILES string of the molecule is Cn1cc(-c2cc3c(N4CC[C@H](C5CCC5)C4=O)ccnn3c2)cn1. The Labute approximate surface area is 146 Å². The van der Waals surface area contributed by atoms with Crippen molar-refractivity contribution in [1.29, 1.82) is 0 Å². The highest BCUT2D eigenvalue weighted by Crippen LogP contribution is 2.41. The van der Waals surface area contributed by atoms with E-state index in [1.54, 1.807) is 10.9 Å². The third kappa shape index (κ3) is 2.27.